The van der Waals surface area contributed by atoms with Crippen molar-refractivity contribution in [1.29, 1.82) is 0 Å². The van der Waals surface area contributed by atoms with Gasteiger partial charge in [0, 0.05) is 22.7 Å². The molecule has 0 saturated heterocycles. The van der Waals surface area contributed by atoms with Crippen LogP contribution in [0.3, 0.4) is 0 Å². The largest absolute Gasteiger partial charge is 0.383 e. The average molecular weight is 250 g/mol. The third-order valence-corrected chi connectivity index (χ3v) is 3.16. The number of rotatable bonds is 1. The molecule has 1 aromatic carbocycles. The van der Waals surface area contributed by atoms with E-state index in [1.54, 1.807) is 0 Å². The Kier molecular flexibility index (Phi) is 2.63. The van der Waals surface area contributed by atoms with E-state index >= 15 is 0 Å². The number of hydrogen-bond donors (Lipinski definition) is 1. The highest BCUT2D eigenvalue weighted by molar-refractivity contribution is 5.83. The zero-order valence-corrected chi connectivity index (χ0v) is 10.9. The zero-order chi connectivity index (χ0) is 13.4. The van der Waals surface area contributed by atoms with Gasteiger partial charge in [-0.2, -0.15) is 0 Å². The van der Waals surface area contributed by atoms with Gasteiger partial charge in [-0.1, -0.05) is 18.2 Å². The maximum atomic E-state index is 5.90. The summed E-state index contributed by atoms with van der Waals surface area (Å²) in [7, 11) is 0. The summed E-state index contributed by atoms with van der Waals surface area (Å²) >= 11 is 0. The first-order valence-electron chi connectivity index (χ1n) is 6.11. The fourth-order valence-electron chi connectivity index (χ4n) is 2.13. The molecule has 19 heavy (non-hydrogen) atoms. The summed E-state index contributed by atoms with van der Waals surface area (Å²) in [5.74, 6) is 1.20. The van der Waals surface area contributed by atoms with Gasteiger partial charge in [-0.05, 0) is 26.0 Å². The Bertz CT molecular complexity index is 765. The first-order valence-corrected chi connectivity index (χ1v) is 6.11. The van der Waals surface area contributed by atoms with Crippen molar-refractivity contribution in [3.63, 3.8) is 0 Å². The molecule has 0 saturated carbocycles. The van der Waals surface area contributed by atoms with E-state index < -0.39 is 0 Å². The molecule has 2 N–H and O–H groups in total. The fourth-order valence-corrected chi connectivity index (χ4v) is 2.13. The second-order valence-electron chi connectivity index (χ2n) is 4.55. The van der Waals surface area contributed by atoms with Crippen molar-refractivity contribution in [2.75, 3.05) is 5.73 Å². The predicted octanol–water partition coefficient (Wildman–Crippen LogP) is 2.89. The van der Waals surface area contributed by atoms with Gasteiger partial charge in [0.15, 0.2) is 0 Å². The van der Waals surface area contributed by atoms with Crippen LogP contribution in [0, 0.1) is 13.8 Å². The van der Waals surface area contributed by atoms with Crippen LogP contribution < -0.4 is 5.73 Å². The number of nitrogens with two attached hydrogens (primary N) is 1. The molecular weight excluding hydrogens is 236 g/mol. The van der Waals surface area contributed by atoms with Crippen LogP contribution in [-0.4, -0.2) is 15.0 Å². The van der Waals surface area contributed by atoms with Gasteiger partial charge in [0.1, 0.15) is 11.6 Å². The van der Waals surface area contributed by atoms with Crippen LogP contribution in [0.5, 0.6) is 0 Å². The van der Waals surface area contributed by atoms with E-state index in [4.69, 9.17) is 5.73 Å². The van der Waals surface area contributed by atoms with E-state index in [1.807, 2.05) is 44.3 Å². The molecule has 2 heterocycles. The molecule has 0 radical (unpaired) electrons. The van der Waals surface area contributed by atoms with Crippen LogP contribution in [0.4, 0.5) is 5.82 Å². The first kappa shape index (κ1) is 11.6. The van der Waals surface area contributed by atoms with Crippen LogP contribution in [0.1, 0.15) is 11.4 Å². The molecule has 4 nitrogen and oxygen atoms in total. The number of nitrogens with zero attached hydrogens (tertiary/aromatic N) is 3. The molecule has 0 bridgehead atoms. The number of aryl methyl sites for hydroxylation is 1. The van der Waals surface area contributed by atoms with Gasteiger partial charge < -0.3 is 5.73 Å². The number of nitrogen functional groups attached to an aromatic ring is 1. The van der Waals surface area contributed by atoms with Crippen molar-refractivity contribution in [1.82, 2.24) is 15.0 Å². The maximum Gasteiger partial charge on any atom is 0.130 e. The van der Waals surface area contributed by atoms with Crippen molar-refractivity contribution in [3.8, 4) is 11.3 Å². The smallest absolute Gasteiger partial charge is 0.130 e. The van der Waals surface area contributed by atoms with Gasteiger partial charge >= 0.3 is 0 Å². The Hall–Kier alpha value is -2.49. The Labute approximate surface area is 111 Å². The van der Waals surface area contributed by atoms with E-state index in [-0.39, 0.29) is 0 Å². The molecule has 0 fully saturated rings. The molecule has 4 heteroatoms. The van der Waals surface area contributed by atoms with Gasteiger partial charge in [-0.3, -0.25) is 4.98 Å². The monoisotopic (exact) mass is 250 g/mol. The molecule has 0 spiro atoms. The molecule has 0 aliphatic heterocycles. The van der Waals surface area contributed by atoms with Crippen molar-refractivity contribution in [2.45, 2.75) is 13.8 Å². The van der Waals surface area contributed by atoms with Crippen LogP contribution in [0.15, 0.2) is 36.5 Å². The van der Waals surface area contributed by atoms with Crippen molar-refractivity contribution >= 4 is 16.7 Å². The van der Waals surface area contributed by atoms with Crippen LogP contribution >= 0.6 is 0 Å². The van der Waals surface area contributed by atoms with Gasteiger partial charge in [0.05, 0.1) is 11.2 Å². The summed E-state index contributed by atoms with van der Waals surface area (Å²) in [6.07, 6.45) is 1.83. The quantitative estimate of drug-likeness (QED) is 0.721. The minimum absolute atomic E-state index is 0.524. The number of benzene rings is 1. The number of pyridine rings is 1. The molecule has 0 amide bonds. The van der Waals surface area contributed by atoms with E-state index in [1.165, 1.54) is 0 Å². The van der Waals surface area contributed by atoms with Crippen molar-refractivity contribution < 1.29 is 0 Å². The van der Waals surface area contributed by atoms with Crippen molar-refractivity contribution in [3.05, 3.63) is 47.9 Å². The molecule has 0 atom stereocenters. The van der Waals surface area contributed by atoms with Crippen LogP contribution in [-0.2, 0) is 0 Å². The van der Waals surface area contributed by atoms with Gasteiger partial charge in [0.25, 0.3) is 0 Å². The lowest BCUT2D eigenvalue weighted by atomic mass is 10.1. The Balaban J connectivity index is 2.24. The molecule has 0 aliphatic carbocycles. The fraction of sp³-hybridized carbons (Fsp3) is 0.133. The normalized spacial score (nSPS) is 10.8. The van der Waals surface area contributed by atoms with Gasteiger partial charge in [-0.15, -0.1) is 0 Å². The number of hydrogen-bond acceptors (Lipinski definition) is 4. The summed E-state index contributed by atoms with van der Waals surface area (Å²) in [6, 6.07) is 10.1. The first-order chi connectivity index (χ1) is 9.15. The predicted molar refractivity (Wildman–Crippen MR) is 76.7 cm³/mol. The number of fused-ring (bicyclic) bond motifs is 1. The Morgan fingerprint density at radius 1 is 1.05 bits per heavy atom. The number of aromatic nitrogens is 3. The summed E-state index contributed by atoms with van der Waals surface area (Å²) in [5, 5.41) is 1.09. The maximum absolute atomic E-state index is 5.90. The van der Waals surface area contributed by atoms with E-state index in [9.17, 15) is 0 Å². The summed E-state index contributed by atoms with van der Waals surface area (Å²) in [5.41, 5.74) is 9.58. The number of anilines is 1. The average Bonchev–Trinajstić information content (AvgIpc) is 2.42. The lowest BCUT2D eigenvalue weighted by Gasteiger charge is -2.09. The molecular formula is C15H14N4. The minimum Gasteiger partial charge on any atom is -0.383 e. The third kappa shape index (κ3) is 2.01. The SMILES string of the molecule is Cc1nc(N)c(C)c(-c2cnc3ccccc3c2)n1. The van der Waals surface area contributed by atoms with Gasteiger partial charge in [-0.25, -0.2) is 9.97 Å². The molecule has 94 valence electrons. The molecule has 3 aromatic rings. The standard InChI is InChI=1S/C15H14N4/c1-9-14(18-10(2)19-15(9)16)12-7-11-5-3-4-6-13(11)17-8-12/h3-8H,1-2H3,(H2,16,18,19). The summed E-state index contributed by atoms with van der Waals surface area (Å²) in [6.45, 7) is 3.77. The topological polar surface area (TPSA) is 64.7 Å². The van der Waals surface area contributed by atoms with Crippen LogP contribution in [0.2, 0.25) is 0 Å². The summed E-state index contributed by atoms with van der Waals surface area (Å²) in [4.78, 5) is 13.1. The van der Waals surface area contributed by atoms with E-state index in [2.05, 4.69) is 21.0 Å². The number of para-hydroxylation sites is 1. The molecule has 0 aliphatic rings. The second-order valence-corrected chi connectivity index (χ2v) is 4.55. The summed E-state index contributed by atoms with van der Waals surface area (Å²) < 4.78 is 0. The highest BCUT2D eigenvalue weighted by atomic mass is 14.9. The lowest BCUT2D eigenvalue weighted by molar-refractivity contribution is 1.05. The Morgan fingerprint density at radius 3 is 2.68 bits per heavy atom. The molecule has 2 aromatic heterocycles. The van der Waals surface area contributed by atoms with E-state index in [0.717, 1.165) is 27.7 Å². The lowest BCUT2D eigenvalue weighted by Crippen LogP contribution is -2.02. The minimum atomic E-state index is 0.524. The molecule has 0 unspecified atom stereocenters. The Morgan fingerprint density at radius 2 is 1.84 bits per heavy atom. The van der Waals surface area contributed by atoms with Gasteiger partial charge in [0.2, 0.25) is 0 Å². The molecule has 3 rings (SSSR count). The highest BCUT2D eigenvalue weighted by Gasteiger charge is 2.10. The van der Waals surface area contributed by atoms with E-state index in [0.29, 0.717) is 11.6 Å². The highest BCUT2D eigenvalue weighted by Crippen LogP contribution is 2.26. The second kappa shape index (κ2) is 4.31. The van der Waals surface area contributed by atoms with Crippen LogP contribution in [0.25, 0.3) is 22.2 Å². The third-order valence-electron chi connectivity index (χ3n) is 3.16. The zero-order valence-electron chi connectivity index (χ0n) is 10.9. The van der Waals surface area contributed by atoms with Crippen molar-refractivity contribution in [2.24, 2.45) is 0 Å².